The maximum Gasteiger partial charge on any atom is 0.217 e. The van der Waals surface area contributed by atoms with Crippen LogP contribution in [0.3, 0.4) is 0 Å². The minimum Gasteiger partial charge on any atom is -0.370 e. The lowest BCUT2D eigenvalue weighted by molar-refractivity contribution is -0.119. The maximum atomic E-state index is 10.8. The number of carbonyl (C=O) groups is 1. The van der Waals surface area contributed by atoms with E-state index in [1.54, 1.807) is 0 Å². The van der Waals surface area contributed by atoms with Gasteiger partial charge in [-0.1, -0.05) is 0 Å². The van der Waals surface area contributed by atoms with Gasteiger partial charge in [-0.2, -0.15) is 0 Å². The van der Waals surface area contributed by atoms with Gasteiger partial charge in [0.25, 0.3) is 0 Å². The summed E-state index contributed by atoms with van der Waals surface area (Å²) >= 11 is 0. The van der Waals surface area contributed by atoms with E-state index in [2.05, 4.69) is 15.2 Å². The number of rotatable bonds is 2. The zero-order valence-corrected chi connectivity index (χ0v) is 8.91. The number of amides is 1. The van der Waals surface area contributed by atoms with E-state index in [1.165, 1.54) is 0 Å². The Hall–Kier alpha value is -1.26. The number of piperidine rings is 1. The molecular weight excluding hydrogens is 192 g/mol. The van der Waals surface area contributed by atoms with Crippen LogP contribution in [0.4, 0.5) is 0 Å². The van der Waals surface area contributed by atoms with Crippen molar-refractivity contribution in [2.45, 2.75) is 19.3 Å². The third-order valence-corrected chi connectivity index (χ3v) is 3.06. The van der Waals surface area contributed by atoms with Crippen molar-refractivity contribution in [2.75, 3.05) is 26.2 Å². The van der Waals surface area contributed by atoms with E-state index in [9.17, 15) is 4.79 Å². The van der Waals surface area contributed by atoms with Gasteiger partial charge in [0.1, 0.15) is 0 Å². The summed E-state index contributed by atoms with van der Waals surface area (Å²) in [5.41, 5.74) is 5.19. The van der Waals surface area contributed by atoms with E-state index in [1.807, 2.05) is 0 Å². The lowest BCUT2D eigenvalue weighted by Crippen LogP contribution is -2.44. The van der Waals surface area contributed by atoms with Crippen LogP contribution < -0.4 is 11.1 Å². The first-order chi connectivity index (χ1) is 7.25. The molecule has 5 nitrogen and oxygen atoms in total. The van der Waals surface area contributed by atoms with Crippen molar-refractivity contribution in [1.82, 2.24) is 10.2 Å². The summed E-state index contributed by atoms with van der Waals surface area (Å²) in [7, 11) is 0. The number of carbonyl (C=O) groups excluding carboxylic acids is 1. The van der Waals surface area contributed by atoms with E-state index in [0.717, 1.165) is 45.0 Å². The van der Waals surface area contributed by atoms with Crippen molar-refractivity contribution in [3.63, 3.8) is 0 Å². The number of hydrogen-bond acceptors (Lipinski definition) is 4. The highest BCUT2D eigenvalue weighted by atomic mass is 16.1. The number of hydrogen-bond donors (Lipinski definition) is 2. The molecule has 0 aromatic heterocycles. The Labute approximate surface area is 89.7 Å². The van der Waals surface area contributed by atoms with Crippen LogP contribution in [0.5, 0.6) is 0 Å². The third kappa shape index (κ3) is 2.61. The molecule has 3 N–H and O–H groups in total. The minimum atomic E-state index is -0.176. The van der Waals surface area contributed by atoms with Gasteiger partial charge in [-0.3, -0.25) is 9.79 Å². The molecule has 15 heavy (non-hydrogen) atoms. The Balaban J connectivity index is 1.79. The van der Waals surface area contributed by atoms with Gasteiger partial charge in [0.2, 0.25) is 5.91 Å². The molecule has 84 valence electrons. The number of nitrogens with two attached hydrogens (primary N) is 1. The molecular formula is C10H18N4O. The second kappa shape index (κ2) is 4.51. The Morgan fingerprint density at radius 1 is 1.53 bits per heavy atom. The summed E-state index contributed by atoms with van der Waals surface area (Å²) in [4.78, 5) is 17.4. The number of guanidine groups is 1. The number of nitrogens with zero attached hydrogens (tertiary/aromatic N) is 2. The van der Waals surface area contributed by atoms with Gasteiger partial charge in [0, 0.05) is 26.1 Å². The average molecular weight is 210 g/mol. The topological polar surface area (TPSA) is 70.7 Å². The molecule has 1 fully saturated rings. The summed E-state index contributed by atoms with van der Waals surface area (Å²) < 4.78 is 0. The van der Waals surface area contributed by atoms with E-state index >= 15 is 0 Å². The molecule has 0 aromatic rings. The zero-order chi connectivity index (χ0) is 10.7. The van der Waals surface area contributed by atoms with E-state index < -0.39 is 0 Å². The van der Waals surface area contributed by atoms with Crippen molar-refractivity contribution >= 4 is 11.9 Å². The highest BCUT2D eigenvalue weighted by molar-refractivity contribution is 5.81. The molecule has 2 rings (SSSR count). The Bertz CT molecular complexity index is 269. The van der Waals surface area contributed by atoms with Crippen LogP contribution in [0.15, 0.2) is 4.99 Å². The first kappa shape index (κ1) is 10.3. The van der Waals surface area contributed by atoms with Crippen LogP contribution >= 0.6 is 0 Å². The van der Waals surface area contributed by atoms with Crippen molar-refractivity contribution in [3.05, 3.63) is 0 Å². The summed E-state index contributed by atoms with van der Waals surface area (Å²) in [5.74, 6) is 1.33. The van der Waals surface area contributed by atoms with E-state index in [0.29, 0.717) is 12.3 Å². The molecule has 2 aliphatic rings. The first-order valence-corrected chi connectivity index (χ1v) is 5.57. The van der Waals surface area contributed by atoms with Crippen molar-refractivity contribution in [3.8, 4) is 0 Å². The van der Waals surface area contributed by atoms with Gasteiger partial charge in [-0.25, -0.2) is 0 Å². The fraction of sp³-hybridized carbons (Fsp3) is 0.800. The molecule has 5 heteroatoms. The predicted molar refractivity (Wildman–Crippen MR) is 58.4 cm³/mol. The second-order valence-electron chi connectivity index (χ2n) is 4.23. The fourth-order valence-corrected chi connectivity index (χ4v) is 2.23. The lowest BCUT2D eigenvalue weighted by Gasteiger charge is -2.32. The van der Waals surface area contributed by atoms with E-state index in [4.69, 9.17) is 5.73 Å². The lowest BCUT2D eigenvalue weighted by atomic mass is 9.93. The quantitative estimate of drug-likeness (QED) is 0.647. The Morgan fingerprint density at radius 3 is 2.80 bits per heavy atom. The number of nitrogens with one attached hydrogen (secondary N) is 1. The largest absolute Gasteiger partial charge is 0.370 e. The summed E-state index contributed by atoms with van der Waals surface area (Å²) in [6, 6.07) is 0. The van der Waals surface area contributed by atoms with Crippen molar-refractivity contribution in [2.24, 2.45) is 16.6 Å². The highest BCUT2D eigenvalue weighted by Crippen LogP contribution is 2.20. The molecule has 2 heterocycles. The maximum absolute atomic E-state index is 10.8. The van der Waals surface area contributed by atoms with Gasteiger partial charge in [-0.05, 0) is 18.8 Å². The first-order valence-electron chi connectivity index (χ1n) is 5.57. The molecule has 1 amide bonds. The van der Waals surface area contributed by atoms with Crippen LogP contribution in [0, 0.1) is 5.92 Å². The smallest absolute Gasteiger partial charge is 0.217 e. The van der Waals surface area contributed by atoms with Crippen LogP contribution in [-0.4, -0.2) is 42.9 Å². The predicted octanol–water partition coefficient (Wildman–Crippen LogP) is -0.467. The van der Waals surface area contributed by atoms with Crippen LogP contribution in [0.25, 0.3) is 0 Å². The molecule has 0 aliphatic carbocycles. The molecule has 0 bridgehead atoms. The van der Waals surface area contributed by atoms with Gasteiger partial charge in [-0.15, -0.1) is 0 Å². The number of primary amides is 1. The monoisotopic (exact) mass is 210 g/mol. The fourth-order valence-electron chi connectivity index (χ4n) is 2.23. The second-order valence-corrected chi connectivity index (χ2v) is 4.23. The van der Waals surface area contributed by atoms with Crippen LogP contribution in [-0.2, 0) is 4.79 Å². The molecule has 0 saturated carbocycles. The Morgan fingerprint density at radius 2 is 2.27 bits per heavy atom. The van der Waals surface area contributed by atoms with Crippen molar-refractivity contribution in [1.29, 1.82) is 0 Å². The van der Waals surface area contributed by atoms with Gasteiger partial charge >= 0.3 is 0 Å². The number of likely N-dealkylation sites (tertiary alicyclic amines) is 1. The molecule has 0 aromatic carbocycles. The van der Waals surface area contributed by atoms with Gasteiger partial charge < -0.3 is 16.0 Å². The summed E-state index contributed by atoms with van der Waals surface area (Å²) in [5, 5.41) is 3.27. The standard InChI is InChI=1S/C10H18N4O/c11-9(15)7-8-1-5-14(6-2-8)10-12-3-4-13-10/h8H,1-7H2,(H2,11,15)(H,12,13). The SMILES string of the molecule is NC(=O)CC1CCN(C2=NCCN2)CC1. The normalized spacial score (nSPS) is 22.4. The average Bonchev–Trinajstić information content (AvgIpc) is 2.71. The summed E-state index contributed by atoms with van der Waals surface area (Å²) in [6.45, 7) is 3.82. The number of aliphatic imine (C=N–C) groups is 1. The van der Waals surface area contributed by atoms with Crippen LogP contribution in [0.1, 0.15) is 19.3 Å². The minimum absolute atomic E-state index is 0.176. The molecule has 0 atom stereocenters. The van der Waals surface area contributed by atoms with Gasteiger partial charge in [0.15, 0.2) is 5.96 Å². The van der Waals surface area contributed by atoms with E-state index in [-0.39, 0.29) is 5.91 Å². The molecule has 0 unspecified atom stereocenters. The third-order valence-electron chi connectivity index (χ3n) is 3.06. The molecule has 0 radical (unpaired) electrons. The molecule has 1 saturated heterocycles. The van der Waals surface area contributed by atoms with Gasteiger partial charge in [0.05, 0.1) is 6.54 Å². The zero-order valence-electron chi connectivity index (χ0n) is 8.91. The van der Waals surface area contributed by atoms with Crippen LogP contribution in [0.2, 0.25) is 0 Å². The molecule has 0 spiro atoms. The van der Waals surface area contributed by atoms with Crippen molar-refractivity contribution < 1.29 is 4.79 Å². The Kier molecular flexibility index (Phi) is 3.08. The highest BCUT2D eigenvalue weighted by Gasteiger charge is 2.23. The molecule has 2 aliphatic heterocycles. The summed E-state index contributed by atoms with van der Waals surface area (Å²) in [6.07, 6.45) is 2.63.